The number of carbonyl (C=O) groups is 2. The van der Waals surface area contributed by atoms with Crippen molar-refractivity contribution in [2.24, 2.45) is 11.8 Å². The number of carboxylic acids is 1. The Morgan fingerprint density at radius 2 is 2.06 bits per heavy atom. The van der Waals surface area contributed by atoms with Crippen LogP contribution in [0.15, 0.2) is 0 Å². The van der Waals surface area contributed by atoms with Crippen LogP contribution in [0.5, 0.6) is 0 Å². The molecule has 5 nitrogen and oxygen atoms in total. The summed E-state index contributed by atoms with van der Waals surface area (Å²) in [5, 5.41) is 11.6. The first-order valence-electron chi connectivity index (χ1n) is 5.58. The van der Waals surface area contributed by atoms with Crippen LogP contribution >= 0.6 is 0 Å². The fourth-order valence-corrected chi connectivity index (χ4v) is 1.83. The first-order valence-corrected chi connectivity index (χ1v) is 5.58. The van der Waals surface area contributed by atoms with Crippen molar-refractivity contribution < 1.29 is 19.4 Å². The standard InChI is InChI=1S/C11H19NO4/c1-7(5-6-16-2)12-10(13)8-3-4-9(8)11(14)15/h7-9H,3-6H2,1-2H3,(H,12,13)(H,14,15). The number of carboxylic acid groups (broad SMARTS) is 1. The van der Waals surface area contributed by atoms with Crippen LogP contribution < -0.4 is 5.32 Å². The molecule has 16 heavy (non-hydrogen) atoms. The fraction of sp³-hybridized carbons (Fsp3) is 0.818. The van der Waals surface area contributed by atoms with Gasteiger partial charge in [0, 0.05) is 19.8 Å². The Bertz CT molecular complexity index is 267. The van der Waals surface area contributed by atoms with Gasteiger partial charge in [0.05, 0.1) is 11.8 Å². The van der Waals surface area contributed by atoms with Gasteiger partial charge in [-0.1, -0.05) is 0 Å². The number of nitrogens with one attached hydrogen (secondary N) is 1. The van der Waals surface area contributed by atoms with Gasteiger partial charge in [0.2, 0.25) is 5.91 Å². The zero-order valence-electron chi connectivity index (χ0n) is 9.73. The third-order valence-electron chi connectivity index (χ3n) is 3.07. The molecule has 0 aliphatic heterocycles. The van der Waals surface area contributed by atoms with Crippen LogP contribution in [0.4, 0.5) is 0 Å². The van der Waals surface area contributed by atoms with E-state index in [0.717, 1.165) is 6.42 Å². The van der Waals surface area contributed by atoms with Gasteiger partial charge in [0.15, 0.2) is 0 Å². The Morgan fingerprint density at radius 3 is 2.50 bits per heavy atom. The quantitative estimate of drug-likeness (QED) is 0.700. The average molecular weight is 229 g/mol. The van der Waals surface area contributed by atoms with E-state index in [-0.39, 0.29) is 17.9 Å². The monoisotopic (exact) mass is 229 g/mol. The van der Waals surface area contributed by atoms with Crippen molar-refractivity contribution in [3.8, 4) is 0 Å². The summed E-state index contributed by atoms with van der Waals surface area (Å²) < 4.78 is 4.91. The molecule has 1 aliphatic rings. The molecule has 2 N–H and O–H groups in total. The fourth-order valence-electron chi connectivity index (χ4n) is 1.83. The maximum absolute atomic E-state index is 11.7. The zero-order valence-corrected chi connectivity index (χ0v) is 9.73. The van der Waals surface area contributed by atoms with E-state index < -0.39 is 11.9 Å². The summed E-state index contributed by atoms with van der Waals surface area (Å²) in [6.45, 7) is 2.49. The third-order valence-corrected chi connectivity index (χ3v) is 3.07. The number of aliphatic carboxylic acids is 1. The molecule has 0 spiro atoms. The normalized spacial score (nSPS) is 25.6. The van der Waals surface area contributed by atoms with E-state index in [1.165, 1.54) is 0 Å². The maximum atomic E-state index is 11.7. The Kier molecular flexibility index (Phi) is 4.73. The van der Waals surface area contributed by atoms with Crippen molar-refractivity contribution >= 4 is 11.9 Å². The lowest BCUT2D eigenvalue weighted by Gasteiger charge is -2.32. The lowest BCUT2D eigenvalue weighted by molar-refractivity contribution is -0.152. The number of ether oxygens (including phenoxy) is 1. The van der Waals surface area contributed by atoms with Crippen LogP contribution in [-0.4, -0.2) is 36.7 Å². The van der Waals surface area contributed by atoms with E-state index in [4.69, 9.17) is 9.84 Å². The van der Waals surface area contributed by atoms with Gasteiger partial charge in [-0.15, -0.1) is 0 Å². The molecule has 1 rings (SSSR count). The van der Waals surface area contributed by atoms with Crippen LogP contribution in [0, 0.1) is 11.8 Å². The number of rotatable bonds is 6. The minimum absolute atomic E-state index is 0.0301. The molecule has 5 heteroatoms. The van der Waals surface area contributed by atoms with E-state index in [1.807, 2.05) is 6.92 Å². The van der Waals surface area contributed by atoms with Gasteiger partial charge in [0.25, 0.3) is 0 Å². The third kappa shape index (κ3) is 3.20. The molecule has 3 unspecified atom stereocenters. The van der Waals surface area contributed by atoms with Crippen LogP contribution in [0.2, 0.25) is 0 Å². The summed E-state index contributed by atoms with van der Waals surface area (Å²) in [6, 6.07) is 0.0301. The predicted molar refractivity (Wildman–Crippen MR) is 57.9 cm³/mol. The molecule has 1 saturated carbocycles. The number of amides is 1. The lowest BCUT2D eigenvalue weighted by atomic mass is 9.73. The maximum Gasteiger partial charge on any atom is 0.307 e. The summed E-state index contributed by atoms with van der Waals surface area (Å²) in [4.78, 5) is 22.5. The second-order valence-electron chi connectivity index (χ2n) is 4.32. The number of hydrogen-bond acceptors (Lipinski definition) is 3. The molecule has 0 bridgehead atoms. The SMILES string of the molecule is COCCC(C)NC(=O)C1CCC1C(=O)O. The molecule has 1 fully saturated rings. The summed E-state index contributed by atoms with van der Waals surface area (Å²) in [5.74, 6) is -1.84. The van der Waals surface area contributed by atoms with Gasteiger partial charge >= 0.3 is 5.97 Å². The Morgan fingerprint density at radius 1 is 1.44 bits per heavy atom. The molecule has 3 atom stereocenters. The van der Waals surface area contributed by atoms with Gasteiger partial charge < -0.3 is 15.2 Å². The Labute approximate surface area is 95.2 Å². The van der Waals surface area contributed by atoms with Gasteiger partial charge in [-0.2, -0.15) is 0 Å². The minimum atomic E-state index is -0.865. The highest BCUT2D eigenvalue weighted by molar-refractivity contribution is 5.86. The second-order valence-corrected chi connectivity index (χ2v) is 4.32. The Balaban J connectivity index is 2.32. The highest BCUT2D eigenvalue weighted by atomic mass is 16.5. The molecule has 0 aromatic carbocycles. The van der Waals surface area contributed by atoms with E-state index in [1.54, 1.807) is 7.11 Å². The zero-order chi connectivity index (χ0) is 12.1. The first kappa shape index (κ1) is 13.0. The van der Waals surface area contributed by atoms with Crippen molar-refractivity contribution in [1.82, 2.24) is 5.32 Å². The number of methoxy groups -OCH3 is 1. The molecule has 0 aromatic heterocycles. The first-order chi connectivity index (χ1) is 7.56. The van der Waals surface area contributed by atoms with Crippen LogP contribution in [0.3, 0.4) is 0 Å². The van der Waals surface area contributed by atoms with Crippen molar-refractivity contribution in [2.75, 3.05) is 13.7 Å². The van der Waals surface area contributed by atoms with Gasteiger partial charge in [-0.05, 0) is 26.2 Å². The number of hydrogen-bond donors (Lipinski definition) is 2. The summed E-state index contributed by atoms with van der Waals surface area (Å²) in [6.07, 6.45) is 2.03. The molecule has 1 aliphatic carbocycles. The summed E-state index contributed by atoms with van der Waals surface area (Å²) in [5.41, 5.74) is 0. The van der Waals surface area contributed by atoms with E-state index in [9.17, 15) is 9.59 Å². The van der Waals surface area contributed by atoms with Gasteiger partial charge in [-0.25, -0.2) is 0 Å². The second kappa shape index (κ2) is 5.84. The summed E-state index contributed by atoms with van der Waals surface area (Å²) in [7, 11) is 1.61. The van der Waals surface area contributed by atoms with E-state index in [2.05, 4.69) is 5.32 Å². The van der Waals surface area contributed by atoms with Crippen molar-refractivity contribution in [1.29, 1.82) is 0 Å². The molecular formula is C11H19NO4. The molecule has 92 valence electrons. The van der Waals surface area contributed by atoms with Crippen LogP contribution in [0.1, 0.15) is 26.2 Å². The van der Waals surface area contributed by atoms with Crippen LogP contribution in [-0.2, 0) is 14.3 Å². The molecular weight excluding hydrogens is 210 g/mol. The molecule has 0 aromatic rings. The van der Waals surface area contributed by atoms with Crippen LogP contribution in [0.25, 0.3) is 0 Å². The average Bonchev–Trinajstić information content (AvgIpc) is 2.11. The summed E-state index contributed by atoms with van der Waals surface area (Å²) >= 11 is 0. The van der Waals surface area contributed by atoms with E-state index >= 15 is 0 Å². The van der Waals surface area contributed by atoms with E-state index in [0.29, 0.717) is 19.4 Å². The van der Waals surface area contributed by atoms with Crippen molar-refractivity contribution in [3.63, 3.8) is 0 Å². The predicted octanol–water partition coefficient (Wildman–Crippen LogP) is 0.638. The lowest BCUT2D eigenvalue weighted by Crippen LogP contribution is -2.46. The van der Waals surface area contributed by atoms with Crippen molar-refractivity contribution in [3.05, 3.63) is 0 Å². The smallest absolute Gasteiger partial charge is 0.307 e. The Hall–Kier alpha value is -1.10. The molecule has 0 radical (unpaired) electrons. The van der Waals surface area contributed by atoms with Gasteiger partial charge in [-0.3, -0.25) is 9.59 Å². The minimum Gasteiger partial charge on any atom is -0.481 e. The molecule has 0 heterocycles. The highest BCUT2D eigenvalue weighted by Gasteiger charge is 2.41. The van der Waals surface area contributed by atoms with Gasteiger partial charge in [0.1, 0.15) is 0 Å². The largest absolute Gasteiger partial charge is 0.481 e. The topological polar surface area (TPSA) is 75.6 Å². The number of carbonyl (C=O) groups excluding carboxylic acids is 1. The highest BCUT2D eigenvalue weighted by Crippen LogP contribution is 2.34. The molecule has 0 saturated heterocycles. The molecule has 1 amide bonds. The van der Waals surface area contributed by atoms with Crippen molar-refractivity contribution in [2.45, 2.75) is 32.2 Å².